The van der Waals surface area contributed by atoms with Crippen molar-refractivity contribution in [1.29, 1.82) is 5.26 Å². The standard InChI is InChI=1S/C15H9F5N2OS/c1-24-13-10(7-21)11(15(18,19)20)6-12(22-13)8-2-4-9(5-3-8)23-14(16)17/h2-6,14H,1H3. The Morgan fingerprint density at radius 2 is 1.83 bits per heavy atom. The van der Waals surface area contributed by atoms with E-state index in [1.165, 1.54) is 36.6 Å². The van der Waals surface area contributed by atoms with Crippen molar-refractivity contribution in [2.24, 2.45) is 0 Å². The molecule has 0 saturated heterocycles. The van der Waals surface area contributed by atoms with E-state index in [-0.39, 0.29) is 22.0 Å². The maximum absolute atomic E-state index is 13.2. The molecule has 0 unspecified atom stereocenters. The van der Waals surface area contributed by atoms with Gasteiger partial charge in [0.2, 0.25) is 0 Å². The molecule has 0 atom stereocenters. The lowest BCUT2D eigenvalue weighted by molar-refractivity contribution is -0.138. The van der Waals surface area contributed by atoms with Crippen molar-refractivity contribution in [3.8, 4) is 23.1 Å². The Bertz CT molecular complexity index is 769. The first kappa shape index (κ1) is 18.0. The molecule has 0 aliphatic carbocycles. The molecule has 3 nitrogen and oxygen atoms in total. The second-order valence-electron chi connectivity index (χ2n) is 4.45. The van der Waals surface area contributed by atoms with Gasteiger partial charge in [-0.3, -0.25) is 0 Å². The van der Waals surface area contributed by atoms with Crippen LogP contribution in [0.5, 0.6) is 5.75 Å². The molecule has 0 aliphatic heterocycles. The molecule has 1 aromatic carbocycles. The van der Waals surface area contributed by atoms with E-state index in [4.69, 9.17) is 5.26 Å². The third kappa shape index (κ3) is 3.94. The average Bonchev–Trinajstić information content (AvgIpc) is 2.52. The van der Waals surface area contributed by atoms with Crippen LogP contribution >= 0.6 is 11.8 Å². The molecule has 1 heterocycles. The molecule has 0 aliphatic rings. The zero-order valence-corrected chi connectivity index (χ0v) is 12.9. The topological polar surface area (TPSA) is 45.9 Å². The van der Waals surface area contributed by atoms with Gasteiger partial charge in [0.1, 0.15) is 16.8 Å². The molecule has 2 rings (SSSR count). The van der Waals surface area contributed by atoms with Crippen LogP contribution in [-0.2, 0) is 6.18 Å². The lowest BCUT2D eigenvalue weighted by atomic mass is 10.1. The van der Waals surface area contributed by atoms with Gasteiger partial charge in [-0.1, -0.05) is 0 Å². The molecule has 0 N–H and O–H groups in total. The number of hydrogen-bond donors (Lipinski definition) is 0. The van der Waals surface area contributed by atoms with E-state index in [9.17, 15) is 22.0 Å². The zero-order chi connectivity index (χ0) is 17.9. The third-order valence-electron chi connectivity index (χ3n) is 2.97. The number of alkyl halides is 5. The van der Waals surface area contributed by atoms with E-state index in [0.717, 1.165) is 17.8 Å². The van der Waals surface area contributed by atoms with Crippen LogP contribution in [0.3, 0.4) is 0 Å². The van der Waals surface area contributed by atoms with Crippen LogP contribution in [0.1, 0.15) is 11.1 Å². The van der Waals surface area contributed by atoms with Crippen molar-refractivity contribution < 1.29 is 26.7 Å². The molecule has 0 radical (unpaired) electrons. The van der Waals surface area contributed by atoms with Gasteiger partial charge in [0, 0.05) is 5.56 Å². The maximum Gasteiger partial charge on any atom is 0.417 e. The Morgan fingerprint density at radius 3 is 2.29 bits per heavy atom. The minimum atomic E-state index is -4.72. The van der Waals surface area contributed by atoms with Crippen molar-refractivity contribution in [1.82, 2.24) is 4.98 Å². The Morgan fingerprint density at radius 1 is 1.21 bits per heavy atom. The van der Waals surface area contributed by atoms with Gasteiger partial charge < -0.3 is 4.74 Å². The molecule has 0 saturated carbocycles. The van der Waals surface area contributed by atoms with Crippen LogP contribution in [0.2, 0.25) is 0 Å². The van der Waals surface area contributed by atoms with Gasteiger partial charge in [-0.05, 0) is 36.6 Å². The lowest BCUT2D eigenvalue weighted by Crippen LogP contribution is -2.10. The first-order valence-electron chi connectivity index (χ1n) is 6.38. The highest BCUT2D eigenvalue weighted by molar-refractivity contribution is 7.98. The Hall–Kier alpha value is -2.34. The molecule has 2 aromatic rings. The summed E-state index contributed by atoms with van der Waals surface area (Å²) in [6, 6.07) is 7.32. The van der Waals surface area contributed by atoms with Gasteiger partial charge in [0.05, 0.1) is 16.8 Å². The van der Waals surface area contributed by atoms with Crippen LogP contribution in [0.4, 0.5) is 22.0 Å². The zero-order valence-electron chi connectivity index (χ0n) is 12.1. The van der Waals surface area contributed by atoms with Gasteiger partial charge in [0.15, 0.2) is 0 Å². The van der Waals surface area contributed by atoms with Crippen molar-refractivity contribution in [2.45, 2.75) is 17.8 Å². The smallest absolute Gasteiger partial charge is 0.417 e. The summed E-state index contributed by atoms with van der Waals surface area (Å²) in [5.74, 6) is -0.122. The number of nitriles is 1. The summed E-state index contributed by atoms with van der Waals surface area (Å²) in [6.07, 6.45) is -3.21. The van der Waals surface area contributed by atoms with E-state index in [1.807, 2.05) is 0 Å². The number of benzene rings is 1. The normalized spacial score (nSPS) is 11.4. The Labute approximate surface area is 138 Å². The summed E-state index contributed by atoms with van der Waals surface area (Å²) in [5, 5.41) is 8.92. The van der Waals surface area contributed by atoms with Crippen LogP contribution in [-0.4, -0.2) is 17.9 Å². The van der Waals surface area contributed by atoms with Gasteiger partial charge in [-0.2, -0.15) is 27.2 Å². The van der Waals surface area contributed by atoms with Gasteiger partial charge in [-0.25, -0.2) is 4.98 Å². The fraction of sp³-hybridized carbons (Fsp3) is 0.200. The predicted octanol–water partition coefficient (Wildman–Crippen LogP) is 4.96. The number of hydrogen-bond acceptors (Lipinski definition) is 4. The van der Waals surface area contributed by atoms with Crippen molar-refractivity contribution in [3.05, 3.63) is 41.5 Å². The van der Waals surface area contributed by atoms with Gasteiger partial charge in [-0.15, -0.1) is 11.8 Å². The Balaban J connectivity index is 2.53. The minimum absolute atomic E-state index is 0.0192. The van der Waals surface area contributed by atoms with E-state index < -0.39 is 23.9 Å². The van der Waals surface area contributed by atoms with E-state index in [2.05, 4.69) is 9.72 Å². The predicted molar refractivity (Wildman–Crippen MR) is 77.8 cm³/mol. The third-order valence-corrected chi connectivity index (χ3v) is 3.65. The highest BCUT2D eigenvalue weighted by Crippen LogP contribution is 2.37. The van der Waals surface area contributed by atoms with Crippen molar-refractivity contribution in [3.63, 3.8) is 0 Å². The van der Waals surface area contributed by atoms with Crippen LogP contribution in [0.15, 0.2) is 35.4 Å². The molecule has 0 amide bonds. The highest BCUT2D eigenvalue weighted by atomic mass is 32.2. The van der Waals surface area contributed by atoms with Crippen LogP contribution in [0.25, 0.3) is 11.3 Å². The van der Waals surface area contributed by atoms with Crippen LogP contribution in [0, 0.1) is 11.3 Å². The summed E-state index contributed by atoms with van der Waals surface area (Å²) in [5.41, 5.74) is -1.38. The Kier molecular flexibility index (Phi) is 5.29. The monoisotopic (exact) mass is 360 g/mol. The lowest BCUT2D eigenvalue weighted by Gasteiger charge is -2.13. The number of rotatable bonds is 4. The number of nitrogens with zero attached hydrogens (tertiary/aromatic N) is 2. The molecule has 0 spiro atoms. The molecule has 9 heteroatoms. The SMILES string of the molecule is CSc1nc(-c2ccc(OC(F)F)cc2)cc(C(F)(F)F)c1C#N. The fourth-order valence-corrected chi connectivity index (χ4v) is 2.51. The summed E-state index contributed by atoms with van der Waals surface area (Å²) in [7, 11) is 0. The number of ether oxygens (including phenoxy) is 1. The molecule has 0 fully saturated rings. The molecular weight excluding hydrogens is 351 g/mol. The second kappa shape index (κ2) is 7.05. The molecule has 24 heavy (non-hydrogen) atoms. The van der Waals surface area contributed by atoms with Crippen molar-refractivity contribution >= 4 is 11.8 Å². The molecular formula is C15H9F5N2OS. The van der Waals surface area contributed by atoms with Gasteiger partial charge in [0.25, 0.3) is 0 Å². The van der Waals surface area contributed by atoms with Gasteiger partial charge >= 0.3 is 12.8 Å². The van der Waals surface area contributed by atoms with E-state index >= 15 is 0 Å². The fourth-order valence-electron chi connectivity index (χ4n) is 1.96. The molecule has 126 valence electrons. The summed E-state index contributed by atoms with van der Waals surface area (Å²) >= 11 is 0.913. The minimum Gasteiger partial charge on any atom is -0.435 e. The second-order valence-corrected chi connectivity index (χ2v) is 5.25. The highest BCUT2D eigenvalue weighted by Gasteiger charge is 2.35. The summed E-state index contributed by atoms with van der Waals surface area (Å²) in [6.45, 7) is -3.00. The quantitative estimate of drug-likeness (QED) is 0.571. The number of pyridine rings is 1. The molecule has 0 bridgehead atoms. The number of aromatic nitrogens is 1. The summed E-state index contributed by atoms with van der Waals surface area (Å²) < 4.78 is 67.9. The van der Waals surface area contributed by atoms with E-state index in [0.29, 0.717) is 0 Å². The maximum atomic E-state index is 13.2. The van der Waals surface area contributed by atoms with Crippen LogP contribution < -0.4 is 4.74 Å². The first-order valence-corrected chi connectivity index (χ1v) is 7.60. The largest absolute Gasteiger partial charge is 0.435 e. The van der Waals surface area contributed by atoms with E-state index in [1.54, 1.807) is 0 Å². The number of thioether (sulfide) groups is 1. The molecule has 1 aromatic heterocycles. The van der Waals surface area contributed by atoms with Crippen molar-refractivity contribution in [2.75, 3.05) is 6.26 Å². The number of halogens is 5. The summed E-state index contributed by atoms with van der Waals surface area (Å²) in [4.78, 5) is 4.05. The average molecular weight is 360 g/mol. The first-order chi connectivity index (χ1) is 11.3.